The standard InChI is InChI=1S/C18H14O4S.Na.H2O/c1-23-14-4-2-12(3-5-14)17(21)15-9-11(10-16(19)20)8-13-6-7-22-18(13)15;;/h2-9H,10H2,1H3,(H,19,20);;1H2/q;+1;/p-1. The summed E-state index contributed by atoms with van der Waals surface area (Å²) in [6.45, 7) is 0. The van der Waals surface area contributed by atoms with Crippen LogP contribution in [0.5, 0.6) is 0 Å². The number of hydrogen-bond acceptors (Lipinski definition) is 5. The monoisotopic (exact) mass is 366 g/mol. The minimum absolute atomic E-state index is 0. The molecule has 0 aliphatic rings. The van der Waals surface area contributed by atoms with E-state index in [0.29, 0.717) is 27.7 Å². The number of benzene rings is 2. The Morgan fingerprint density at radius 1 is 1.12 bits per heavy atom. The van der Waals surface area contributed by atoms with Crippen molar-refractivity contribution in [1.29, 1.82) is 0 Å². The van der Waals surface area contributed by atoms with E-state index in [4.69, 9.17) is 4.42 Å². The molecule has 2 aromatic carbocycles. The van der Waals surface area contributed by atoms with E-state index in [9.17, 15) is 14.7 Å². The summed E-state index contributed by atoms with van der Waals surface area (Å²) in [7, 11) is 0. The first-order chi connectivity index (χ1) is 11.1. The molecule has 1 aromatic heterocycles. The number of fused-ring (bicyclic) bond motifs is 1. The third kappa shape index (κ3) is 4.74. The van der Waals surface area contributed by atoms with Gasteiger partial charge in [0.2, 0.25) is 0 Å². The van der Waals surface area contributed by atoms with Crippen LogP contribution in [0.1, 0.15) is 21.5 Å². The van der Waals surface area contributed by atoms with Crippen molar-refractivity contribution < 1.29 is 54.1 Å². The number of carboxylic acids is 1. The molecule has 7 heteroatoms. The van der Waals surface area contributed by atoms with Gasteiger partial charge in [0.1, 0.15) is 5.58 Å². The molecule has 2 N–H and O–H groups in total. The molecule has 0 aliphatic heterocycles. The van der Waals surface area contributed by atoms with Crippen LogP contribution in [0.4, 0.5) is 0 Å². The average Bonchev–Trinajstić information content (AvgIpc) is 3.01. The first-order valence-corrected chi connectivity index (χ1v) is 8.19. The van der Waals surface area contributed by atoms with Gasteiger partial charge in [0, 0.05) is 28.2 Å². The van der Waals surface area contributed by atoms with Gasteiger partial charge in [0.25, 0.3) is 0 Å². The zero-order chi connectivity index (χ0) is 16.4. The molecule has 0 atom stereocenters. The van der Waals surface area contributed by atoms with Crippen molar-refractivity contribution in [3.8, 4) is 0 Å². The van der Waals surface area contributed by atoms with Crippen LogP contribution in [0, 0.1) is 0 Å². The Hall–Kier alpha value is -1.57. The Labute approximate surface area is 171 Å². The number of carbonyl (C=O) groups is 2. The number of furan rings is 1. The van der Waals surface area contributed by atoms with E-state index in [1.165, 1.54) is 6.26 Å². The van der Waals surface area contributed by atoms with Crippen LogP contribution < -0.4 is 34.7 Å². The molecule has 3 aromatic rings. The van der Waals surface area contributed by atoms with Crippen LogP contribution in [0.15, 0.2) is 58.0 Å². The van der Waals surface area contributed by atoms with Crippen LogP contribution in [0.2, 0.25) is 0 Å². The molecule has 0 fully saturated rings. The second-order valence-electron chi connectivity index (χ2n) is 5.09. The van der Waals surface area contributed by atoms with E-state index in [1.54, 1.807) is 42.1 Å². The molecule has 124 valence electrons. The number of hydrogen-bond donors (Lipinski definition) is 0. The van der Waals surface area contributed by atoms with Gasteiger partial charge in [0.05, 0.1) is 11.8 Å². The Kier molecular flexibility index (Phi) is 7.92. The minimum atomic E-state index is -1.18. The van der Waals surface area contributed by atoms with Crippen molar-refractivity contribution in [2.45, 2.75) is 11.3 Å². The summed E-state index contributed by atoms with van der Waals surface area (Å²) in [4.78, 5) is 24.7. The fourth-order valence-corrected chi connectivity index (χ4v) is 2.89. The molecular formula is C18H15NaO5S. The average molecular weight is 366 g/mol. The predicted molar refractivity (Wildman–Crippen MR) is 90.2 cm³/mol. The fourth-order valence-electron chi connectivity index (χ4n) is 2.48. The second kappa shape index (κ2) is 9.22. The molecule has 3 rings (SSSR count). The van der Waals surface area contributed by atoms with Crippen LogP contribution in [-0.4, -0.2) is 23.5 Å². The number of carboxylic acid groups (broad SMARTS) is 1. The normalized spacial score (nSPS) is 9.96. The van der Waals surface area contributed by atoms with Gasteiger partial charge in [-0.1, -0.05) is 0 Å². The van der Waals surface area contributed by atoms with Crippen molar-refractivity contribution in [2.24, 2.45) is 0 Å². The summed E-state index contributed by atoms with van der Waals surface area (Å²) in [5.41, 5.74) is 1.88. The molecule has 0 radical (unpaired) electrons. The number of thioether (sulfide) groups is 1. The Morgan fingerprint density at radius 2 is 1.80 bits per heavy atom. The third-order valence-corrected chi connectivity index (χ3v) is 4.30. The van der Waals surface area contributed by atoms with E-state index in [1.807, 2.05) is 18.4 Å². The fraction of sp³-hybridized carbons (Fsp3) is 0.111. The van der Waals surface area contributed by atoms with E-state index < -0.39 is 5.97 Å². The molecule has 0 saturated carbocycles. The van der Waals surface area contributed by atoms with Crippen LogP contribution in [0.3, 0.4) is 0 Å². The summed E-state index contributed by atoms with van der Waals surface area (Å²) >= 11 is 1.60. The van der Waals surface area contributed by atoms with E-state index in [2.05, 4.69) is 0 Å². The van der Waals surface area contributed by atoms with Gasteiger partial charge >= 0.3 is 29.6 Å². The van der Waals surface area contributed by atoms with E-state index >= 15 is 0 Å². The SMILES string of the molecule is CSc1ccc(C(=O)c2cc(CC(=O)[O-])cc3ccoc23)cc1.O.[Na+]. The maximum Gasteiger partial charge on any atom is 1.00 e. The largest absolute Gasteiger partial charge is 1.00 e. The van der Waals surface area contributed by atoms with Gasteiger partial charge in [-0.15, -0.1) is 11.8 Å². The first kappa shape index (κ1) is 21.5. The molecule has 0 spiro atoms. The topological polar surface area (TPSA) is 102 Å². The van der Waals surface area contributed by atoms with E-state index in [-0.39, 0.29) is 47.2 Å². The van der Waals surface area contributed by atoms with Gasteiger partial charge in [-0.25, -0.2) is 0 Å². The Balaban J connectivity index is 0.00000156. The minimum Gasteiger partial charge on any atom is -0.550 e. The molecule has 1 heterocycles. The van der Waals surface area contributed by atoms with Crippen LogP contribution in [-0.2, 0) is 11.2 Å². The molecule has 0 bridgehead atoms. The summed E-state index contributed by atoms with van der Waals surface area (Å²) in [5.74, 6) is -1.38. The molecule has 0 aliphatic carbocycles. The zero-order valence-electron chi connectivity index (χ0n) is 13.9. The Morgan fingerprint density at radius 3 is 2.40 bits per heavy atom. The maximum absolute atomic E-state index is 12.8. The van der Waals surface area contributed by atoms with Crippen LogP contribution >= 0.6 is 11.8 Å². The number of ketones is 1. The maximum atomic E-state index is 12.8. The number of rotatable bonds is 5. The predicted octanol–water partition coefficient (Wildman–Crippen LogP) is -1.14. The quantitative estimate of drug-likeness (QED) is 0.323. The van der Waals surface area contributed by atoms with Gasteiger partial charge < -0.3 is 19.8 Å². The summed E-state index contributed by atoms with van der Waals surface area (Å²) < 4.78 is 5.41. The number of carbonyl (C=O) groups excluding carboxylic acids is 2. The first-order valence-electron chi connectivity index (χ1n) is 6.97. The Bertz CT molecular complexity index is 886. The van der Waals surface area contributed by atoms with Crippen molar-refractivity contribution in [1.82, 2.24) is 0 Å². The van der Waals surface area contributed by atoms with Gasteiger partial charge in [0.15, 0.2) is 5.78 Å². The van der Waals surface area contributed by atoms with Gasteiger partial charge in [-0.3, -0.25) is 4.79 Å². The number of aliphatic carboxylic acids is 1. The van der Waals surface area contributed by atoms with Crippen LogP contribution in [0.25, 0.3) is 11.0 Å². The second-order valence-corrected chi connectivity index (χ2v) is 5.97. The summed E-state index contributed by atoms with van der Waals surface area (Å²) in [6, 6.07) is 12.2. The molecule has 0 unspecified atom stereocenters. The van der Waals surface area contributed by atoms with Crippen molar-refractivity contribution >= 4 is 34.5 Å². The molecular weight excluding hydrogens is 351 g/mol. The summed E-state index contributed by atoms with van der Waals surface area (Å²) in [5, 5.41) is 11.5. The molecule has 0 amide bonds. The van der Waals surface area contributed by atoms with E-state index in [0.717, 1.165) is 4.90 Å². The molecule has 0 saturated heterocycles. The molecule has 25 heavy (non-hydrogen) atoms. The third-order valence-electron chi connectivity index (χ3n) is 3.56. The van der Waals surface area contributed by atoms with Gasteiger partial charge in [-0.05, 0) is 54.3 Å². The van der Waals surface area contributed by atoms with Crippen molar-refractivity contribution in [3.63, 3.8) is 0 Å². The van der Waals surface area contributed by atoms with Gasteiger partial charge in [-0.2, -0.15) is 0 Å². The summed E-state index contributed by atoms with van der Waals surface area (Å²) in [6.07, 6.45) is 3.21. The van der Waals surface area contributed by atoms with Crippen molar-refractivity contribution in [3.05, 3.63) is 65.4 Å². The molecule has 5 nitrogen and oxygen atoms in total. The van der Waals surface area contributed by atoms with Crippen molar-refractivity contribution in [2.75, 3.05) is 6.26 Å². The zero-order valence-corrected chi connectivity index (χ0v) is 16.7. The smallest absolute Gasteiger partial charge is 0.550 e.